The van der Waals surface area contributed by atoms with Gasteiger partial charge in [-0.3, -0.25) is 4.68 Å². The average molecular weight is 415 g/mol. The van der Waals surface area contributed by atoms with Crippen LogP contribution in [-0.2, 0) is 19.4 Å². The van der Waals surface area contributed by atoms with E-state index in [2.05, 4.69) is 75.4 Å². The minimum absolute atomic E-state index is 0.0288. The predicted octanol–water partition coefficient (Wildman–Crippen LogP) is 5.74. The molecule has 1 aromatic heterocycles. The lowest BCUT2D eigenvalue weighted by Gasteiger charge is -2.37. The Kier molecular flexibility index (Phi) is 5.94. The number of nitrogens with zero attached hydrogens (tertiary/aromatic N) is 2. The first-order valence-corrected chi connectivity index (χ1v) is 13.5. The number of aromatic nitrogens is 2. The van der Waals surface area contributed by atoms with E-state index in [1.165, 1.54) is 15.7 Å². The van der Waals surface area contributed by atoms with Crippen LogP contribution < -0.4 is 4.43 Å². The quantitative estimate of drug-likeness (QED) is 0.412. The molecule has 28 heavy (non-hydrogen) atoms. The molecule has 3 aromatic rings. The molecule has 3 rings (SSSR count). The Morgan fingerprint density at radius 3 is 2.50 bits per heavy atom. The first kappa shape index (κ1) is 21.0. The summed E-state index contributed by atoms with van der Waals surface area (Å²) in [7, 11) is -0.0164. The number of aryl methyl sites for hydroxylation is 1. The molecule has 0 radical (unpaired) electrons. The Morgan fingerprint density at radius 1 is 1.14 bits per heavy atom. The highest BCUT2D eigenvalue weighted by Gasteiger charge is 2.39. The lowest BCUT2D eigenvalue weighted by molar-refractivity contribution is 0.275. The van der Waals surface area contributed by atoms with Crippen LogP contribution in [0.2, 0.25) is 18.1 Å². The van der Waals surface area contributed by atoms with Crippen LogP contribution in [-0.4, -0.2) is 23.2 Å². The van der Waals surface area contributed by atoms with Crippen molar-refractivity contribution in [3.05, 3.63) is 53.9 Å². The van der Waals surface area contributed by atoms with E-state index in [1.54, 1.807) is 11.8 Å². The van der Waals surface area contributed by atoms with Crippen LogP contribution in [0.15, 0.2) is 47.4 Å². The Morgan fingerprint density at radius 2 is 1.86 bits per heavy atom. The second-order valence-electron chi connectivity index (χ2n) is 8.70. The number of thioether (sulfide) groups is 1. The van der Waals surface area contributed by atoms with E-state index in [1.807, 2.05) is 17.8 Å². The SMILES string of the molecule is Cn1nc(CO)cc1CSc1cc(O[Si](C)(C)C(C)(C)C)c2ccccc2c1. The first-order chi connectivity index (χ1) is 13.1. The van der Waals surface area contributed by atoms with Crippen molar-refractivity contribution >= 4 is 30.9 Å². The molecular weight excluding hydrogens is 384 g/mol. The molecule has 0 aliphatic carbocycles. The van der Waals surface area contributed by atoms with Gasteiger partial charge >= 0.3 is 0 Å². The van der Waals surface area contributed by atoms with E-state index < -0.39 is 8.32 Å². The summed E-state index contributed by atoms with van der Waals surface area (Å²) in [6.07, 6.45) is 0. The van der Waals surface area contributed by atoms with Gasteiger partial charge in [0.2, 0.25) is 0 Å². The summed E-state index contributed by atoms with van der Waals surface area (Å²) in [5.74, 6) is 1.77. The molecule has 1 heterocycles. The Balaban J connectivity index is 1.92. The van der Waals surface area contributed by atoms with Crippen LogP contribution in [0.5, 0.6) is 5.75 Å². The Labute approximate surface area is 173 Å². The molecule has 2 aromatic carbocycles. The van der Waals surface area contributed by atoms with E-state index in [0.29, 0.717) is 5.69 Å². The summed E-state index contributed by atoms with van der Waals surface area (Å²) >= 11 is 1.77. The third-order valence-electron chi connectivity index (χ3n) is 5.54. The second-order valence-corrected chi connectivity index (χ2v) is 14.5. The standard InChI is InChI=1S/C22H30N2O2SSi/c1-22(2,3)28(5,6)26-21-13-19(11-16-9-7-8-10-20(16)21)27-15-18-12-17(14-25)23-24(18)4/h7-13,25H,14-15H2,1-6H3. The summed E-state index contributed by atoms with van der Waals surface area (Å²) in [4.78, 5) is 1.18. The molecular formula is C22H30N2O2SSi. The van der Waals surface area contributed by atoms with Gasteiger partial charge in [-0.2, -0.15) is 5.10 Å². The normalized spacial score (nSPS) is 12.5. The number of hydrogen-bond acceptors (Lipinski definition) is 4. The fourth-order valence-electron chi connectivity index (χ4n) is 2.79. The number of benzene rings is 2. The van der Waals surface area contributed by atoms with Crippen molar-refractivity contribution in [2.24, 2.45) is 7.05 Å². The van der Waals surface area contributed by atoms with Gasteiger partial charge in [0.25, 0.3) is 8.32 Å². The molecule has 0 bridgehead atoms. The van der Waals surface area contributed by atoms with Gasteiger partial charge in [-0.15, -0.1) is 11.8 Å². The van der Waals surface area contributed by atoms with Crippen molar-refractivity contribution in [3.8, 4) is 5.75 Å². The van der Waals surface area contributed by atoms with E-state index in [9.17, 15) is 5.11 Å². The van der Waals surface area contributed by atoms with E-state index >= 15 is 0 Å². The predicted molar refractivity (Wildman–Crippen MR) is 120 cm³/mol. The highest BCUT2D eigenvalue weighted by molar-refractivity contribution is 7.98. The van der Waals surface area contributed by atoms with Crippen molar-refractivity contribution in [1.29, 1.82) is 0 Å². The van der Waals surface area contributed by atoms with Gasteiger partial charge in [0.1, 0.15) is 5.75 Å². The number of aliphatic hydroxyl groups excluding tert-OH is 1. The summed E-state index contributed by atoms with van der Waals surface area (Å²) in [5, 5.41) is 16.1. The molecule has 0 spiro atoms. The maximum Gasteiger partial charge on any atom is 0.250 e. The Hall–Kier alpha value is -1.76. The molecule has 0 unspecified atom stereocenters. The molecule has 0 saturated carbocycles. The maximum atomic E-state index is 9.29. The van der Waals surface area contributed by atoms with Crippen molar-refractivity contribution in [2.45, 2.75) is 56.2 Å². The van der Waals surface area contributed by atoms with Gasteiger partial charge < -0.3 is 9.53 Å². The average Bonchev–Trinajstić information content (AvgIpc) is 2.99. The van der Waals surface area contributed by atoms with Crippen molar-refractivity contribution < 1.29 is 9.53 Å². The highest BCUT2D eigenvalue weighted by Crippen LogP contribution is 2.41. The van der Waals surface area contributed by atoms with Gasteiger partial charge in [-0.05, 0) is 41.7 Å². The first-order valence-electron chi connectivity index (χ1n) is 9.58. The fraction of sp³-hybridized carbons (Fsp3) is 0.409. The number of hydrogen-bond donors (Lipinski definition) is 1. The molecule has 0 aliphatic rings. The number of aliphatic hydroxyl groups is 1. The Bertz CT molecular complexity index is 976. The zero-order valence-electron chi connectivity index (χ0n) is 17.6. The molecule has 1 N–H and O–H groups in total. The molecule has 4 nitrogen and oxygen atoms in total. The van der Waals surface area contributed by atoms with Gasteiger partial charge in [0, 0.05) is 28.8 Å². The third kappa shape index (κ3) is 4.45. The molecule has 0 amide bonds. The van der Waals surface area contributed by atoms with Gasteiger partial charge in [0.05, 0.1) is 12.3 Å². The van der Waals surface area contributed by atoms with Crippen molar-refractivity contribution in [1.82, 2.24) is 9.78 Å². The molecule has 150 valence electrons. The van der Waals surface area contributed by atoms with Crippen LogP contribution in [0, 0.1) is 0 Å². The van der Waals surface area contributed by atoms with Gasteiger partial charge in [0.15, 0.2) is 0 Å². The maximum absolute atomic E-state index is 9.29. The summed E-state index contributed by atoms with van der Waals surface area (Å²) in [6.45, 7) is 11.3. The van der Waals surface area contributed by atoms with Crippen molar-refractivity contribution in [2.75, 3.05) is 0 Å². The van der Waals surface area contributed by atoms with Crippen LogP contribution >= 0.6 is 11.8 Å². The lowest BCUT2D eigenvalue weighted by Crippen LogP contribution is -2.43. The minimum atomic E-state index is -1.93. The van der Waals surface area contributed by atoms with Crippen molar-refractivity contribution in [3.63, 3.8) is 0 Å². The molecule has 0 atom stereocenters. The van der Waals surface area contributed by atoms with E-state index in [-0.39, 0.29) is 11.6 Å². The van der Waals surface area contributed by atoms with E-state index in [0.717, 1.165) is 17.2 Å². The van der Waals surface area contributed by atoms with Crippen LogP contribution in [0.25, 0.3) is 10.8 Å². The minimum Gasteiger partial charge on any atom is -0.543 e. The van der Waals surface area contributed by atoms with Gasteiger partial charge in [-0.1, -0.05) is 45.0 Å². The van der Waals surface area contributed by atoms with Crippen LogP contribution in [0.1, 0.15) is 32.2 Å². The highest BCUT2D eigenvalue weighted by atomic mass is 32.2. The smallest absolute Gasteiger partial charge is 0.250 e. The summed E-state index contributed by atoms with van der Waals surface area (Å²) in [5.41, 5.74) is 1.80. The topological polar surface area (TPSA) is 47.3 Å². The van der Waals surface area contributed by atoms with Crippen LogP contribution in [0.3, 0.4) is 0 Å². The monoisotopic (exact) mass is 414 g/mol. The third-order valence-corrected chi connectivity index (χ3v) is 10.9. The molecule has 0 saturated heterocycles. The number of rotatable bonds is 6. The zero-order valence-corrected chi connectivity index (χ0v) is 19.4. The second kappa shape index (κ2) is 7.93. The van der Waals surface area contributed by atoms with Crippen LogP contribution in [0.4, 0.5) is 0 Å². The molecule has 0 aliphatic heterocycles. The summed E-state index contributed by atoms with van der Waals surface area (Å²) < 4.78 is 8.53. The largest absolute Gasteiger partial charge is 0.543 e. The zero-order chi connectivity index (χ0) is 20.5. The lowest BCUT2D eigenvalue weighted by atomic mass is 10.1. The fourth-order valence-corrected chi connectivity index (χ4v) is 4.80. The molecule has 6 heteroatoms. The summed E-state index contributed by atoms with van der Waals surface area (Å²) in [6, 6.07) is 14.8. The van der Waals surface area contributed by atoms with E-state index in [4.69, 9.17) is 4.43 Å². The van der Waals surface area contributed by atoms with Gasteiger partial charge in [-0.25, -0.2) is 0 Å². The number of fused-ring (bicyclic) bond motifs is 1. The molecule has 0 fully saturated rings.